The van der Waals surface area contributed by atoms with E-state index in [-0.39, 0.29) is 19.1 Å². The van der Waals surface area contributed by atoms with Gasteiger partial charge in [0.05, 0.1) is 6.54 Å². The maximum Gasteiger partial charge on any atom is 0.329 e. The maximum absolute atomic E-state index is 11.5. The number of carboxylic acid groups (broad SMARTS) is 1. The van der Waals surface area contributed by atoms with Crippen LogP contribution in [0.15, 0.2) is 0 Å². The SMILES string of the molecule is Cc1nc(CN(C)C(=O)COCC(=O)O)n[nH]1. The minimum Gasteiger partial charge on any atom is -0.480 e. The van der Waals surface area contributed by atoms with E-state index in [1.807, 2.05) is 0 Å². The van der Waals surface area contributed by atoms with E-state index in [0.29, 0.717) is 11.6 Å². The number of hydrogen-bond donors (Lipinski definition) is 2. The summed E-state index contributed by atoms with van der Waals surface area (Å²) in [5.74, 6) is -0.265. The van der Waals surface area contributed by atoms with Crippen LogP contribution >= 0.6 is 0 Å². The van der Waals surface area contributed by atoms with Crippen LogP contribution in [0.1, 0.15) is 11.6 Å². The number of likely N-dealkylation sites (N-methyl/N-ethyl adjacent to an activating group) is 1. The second-order valence-corrected chi connectivity index (χ2v) is 3.47. The van der Waals surface area contributed by atoms with Crippen LogP contribution in [0, 0.1) is 6.92 Å². The van der Waals surface area contributed by atoms with Gasteiger partial charge >= 0.3 is 5.97 Å². The Balaban J connectivity index is 2.34. The first kappa shape index (κ1) is 13.1. The van der Waals surface area contributed by atoms with E-state index in [1.54, 1.807) is 14.0 Å². The van der Waals surface area contributed by atoms with Gasteiger partial charge in [0, 0.05) is 7.05 Å². The first-order valence-corrected chi connectivity index (χ1v) is 4.90. The van der Waals surface area contributed by atoms with Crippen molar-refractivity contribution in [1.29, 1.82) is 0 Å². The topological polar surface area (TPSA) is 108 Å². The number of carboxylic acids is 1. The molecule has 0 fully saturated rings. The van der Waals surface area contributed by atoms with Gasteiger partial charge in [0.1, 0.15) is 19.0 Å². The van der Waals surface area contributed by atoms with E-state index in [2.05, 4.69) is 19.9 Å². The van der Waals surface area contributed by atoms with E-state index >= 15 is 0 Å². The Morgan fingerprint density at radius 2 is 2.18 bits per heavy atom. The van der Waals surface area contributed by atoms with Crippen molar-refractivity contribution in [2.24, 2.45) is 0 Å². The van der Waals surface area contributed by atoms with Gasteiger partial charge in [-0.25, -0.2) is 9.78 Å². The average molecular weight is 242 g/mol. The number of nitrogens with zero attached hydrogens (tertiary/aromatic N) is 3. The second kappa shape index (κ2) is 5.94. The summed E-state index contributed by atoms with van der Waals surface area (Å²) >= 11 is 0. The Hall–Kier alpha value is -1.96. The maximum atomic E-state index is 11.5. The number of aromatic nitrogens is 3. The number of aliphatic carboxylic acids is 1. The number of carbonyl (C=O) groups is 2. The van der Waals surface area contributed by atoms with Gasteiger partial charge in [-0.15, -0.1) is 0 Å². The van der Waals surface area contributed by atoms with Crippen LogP contribution in [-0.2, 0) is 20.9 Å². The Morgan fingerprint density at radius 1 is 1.47 bits per heavy atom. The van der Waals surface area contributed by atoms with E-state index in [1.165, 1.54) is 4.90 Å². The molecule has 1 amide bonds. The molecule has 0 aliphatic carbocycles. The number of aryl methyl sites for hydroxylation is 1. The molecule has 8 nitrogen and oxygen atoms in total. The van der Waals surface area contributed by atoms with Crippen LogP contribution in [0.3, 0.4) is 0 Å². The van der Waals surface area contributed by atoms with Crippen molar-refractivity contribution in [2.75, 3.05) is 20.3 Å². The molecule has 8 heteroatoms. The van der Waals surface area contributed by atoms with Crippen LogP contribution in [0.2, 0.25) is 0 Å². The molecule has 2 N–H and O–H groups in total. The van der Waals surface area contributed by atoms with Gasteiger partial charge < -0.3 is 14.7 Å². The average Bonchev–Trinajstić information content (AvgIpc) is 2.63. The highest BCUT2D eigenvalue weighted by molar-refractivity contribution is 5.77. The van der Waals surface area contributed by atoms with Crippen molar-refractivity contribution in [2.45, 2.75) is 13.5 Å². The van der Waals surface area contributed by atoms with Crippen molar-refractivity contribution < 1.29 is 19.4 Å². The molecule has 17 heavy (non-hydrogen) atoms. The molecular weight excluding hydrogens is 228 g/mol. The van der Waals surface area contributed by atoms with Crippen molar-refractivity contribution in [3.05, 3.63) is 11.6 Å². The molecule has 1 aromatic heterocycles. The standard InChI is InChI=1S/C9H14N4O4/c1-6-10-7(12-11-6)3-13(2)8(14)4-17-5-9(15)16/h3-5H2,1-2H3,(H,15,16)(H,10,11,12). The zero-order valence-corrected chi connectivity index (χ0v) is 9.63. The molecule has 94 valence electrons. The molecule has 0 unspecified atom stereocenters. The molecule has 0 spiro atoms. The fourth-order valence-electron chi connectivity index (χ4n) is 1.10. The summed E-state index contributed by atoms with van der Waals surface area (Å²) in [7, 11) is 1.57. The van der Waals surface area contributed by atoms with Gasteiger partial charge in [0.15, 0.2) is 5.82 Å². The van der Waals surface area contributed by atoms with Crippen LogP contribution in [0.4, 0.5) is 0 Å². The lowest BCUT2D eigenvalue weighted by Gasteiger charge is -2.14. The number of ether oxygens (including phenoxy) is 1. The monoisotopic (exact) mass is 242 g/mol. The molecule has 0 saturated carbocycles. The molecule has 1 heterocycles. The Labute approximate surface area is 97.6 Å². The van der Waals surface area contributed by atoms with Crippen molar-refractivity contribution in [1.82, 2.24) is 20.1 Å². The van der Waals surface area contributed by atoms with Crippen molar-refractivity contribution in [3.63, 3.8) is 0 Å². The summed E-state index contributed by atoms with van der Waals surface area (Å²) in [6.45, 7) is 1.25. The number of nitrogens with one attached hydrogen (secondary N) is 1. The lowest BCUT2D eigenvalue weighted by atomic mass is 10.5. The minimum absolute atomic E-state index is 0.250. The highest BCUT2D eigenvalue weighted by Gasteiger charge is 2.12. The predicted molar refractivity (Wildman–Crippen MR) is 56.0 cm³/mol. The summed E-state index contributed by atoms with van der Waals surface area (Å²) in [6.07, 6.45) is 0. The molecule has 0 saturated heterocycles. The van der Waals surface area contributed by atoms with Gasteiger partial charge in [-0.3, -0.25) is 9.89 Å². The van der Waals surface area contributed by atoms with E-state index in [0.717, 1.165) is 0 Å². The lowest BCUT2D eigenvalue weighted by Crippen LogP contribution is -2.31. The second-order valence-electron chi connectivity index (χ2n) is 3.47. The van der Waals surface area contributed by atoms with Crippen LogP contribution in [0.25, 0.3) is 0 Å². The molecular formula is C9H14N4O4. The molecule has 1 rings (SSSR count). The van der Waals surface area contributed by atoms with Crippen molar-refractivity contribution in [3.8, 4) is 0 Å². The molecule has 0 atom stereocenters. The quantitative estimate of drug-likeness (QED) is 0.674. The zero-order valence-electron chi connectivity index (χ0n) is 9.63. The van der Waals surface area contributed by atoms with Gasteiger partial charge in [0.25, 0.3) is 0 Å². The summed E-state index contributed by atoms with van der Waals surface area (Å²) in [6, 6.07) is 0. The van der Waals surface area contributed by atoms with Crippen LogP contribution in [0.5, 0.6) is 0 Å². The predicted octanol–water partition coefficient (Wildman–Crippen LogP) is -0.827. The van der Waals surface area contributed by atoms with Gasteiger partial charge in [0.2, 0.25) is 5.91 Å². The first-order chi connectivity index (χ1) is 7.99. The molecule has 1 aromatic rings. The number of carbonyl (C=O) groups excluding carboxylic acids is 1. The summed E-state index contributed by atoms with van der Waals surface area (Å²) in [5.41, 5.74) is 0. The van der Waals surface area contributed by atoms with E-state index < -0.39 is 12.6 Å². The van der Waals surface area contributed by atoms with E-state index in [4.69, 9.17) is 5.11 Å². The van der Waals surface area contributed by atoms with Gasteiger partial charge in [-0.2, -0.15) is 5.10 Å². The third kappa shape index (κ3) is 4.60. The number of rotatable bonds is 6. The van der Waals surface area contributed by atoms with Crippen LogP contribution in [-0.4, -0.2) is 57.3 Å². The van der Waals surface area contributed by atoms with Gasteiger partial charge in [-0.1, -0.05) is 0 Å². The number of amides is 1. The third-order valence-electron chi connectivity index (χ3n) is 1.90. The Morgan fingerprint density at radius 3 is 2.71 bits per heavy atom. The number of hydrogen-bond acceptors (Lipinski definition) is 5. The fraction of sp³-hybridized carbons (Fsp3) is 0.556. The van der Waals surface area contributed by atoms with Crippen LogP contribution < -0.4 is 0 Å². The van der Waals surface area contributed by atoms with E-state index in [9.17, 15) is 9.59 Å². The molecule has 0 aliphatic rings. The first-order valence-electron chi connectivity index (χ1n) is 4.90. The summed E-state index contributed by atoms with van der Waals surface area (Å²) in [4.78, 5) is 27.1. The number of aromatic amines is 1. The number of H-pyrrole nitrogens is 1. The third-order valence-corrected chi connectivity index (χ3v) is 1.90. The highest BCUT2D eigenvalue weighted by Crippen LogP contribution is 1.97. The lowest BCUT2D eigenvalue weighted by molar-refractivity contribution is -0.145. The molecule has 0 aromatic carbocycles. The summed E-state index contributed by atoms with van der Waals surface area (Å²) in [5, 5.41) is 14.9. The fourth-order valence-corrected chi connectivity index (χ4v) is 1.10. The zero-order chi connectivity index (χ0) is 12.8. The highest BCUT2D eigenvalue weighted by atomic mass is 16.5. The smallest absolute Gasteiger partial charge is 0.329 e. The Bertz CT molecular complexity index is 403. The Kier molecular flexibility index (Phi) is 4.58. The van der Waals surface area contributed by atoms with Crippen molar-refractivity contribution >= 4 is 11.9 Å². The van der Waals surface area contributed by atoms with Gasteiger partial charge in [-0.05, 0) is 6.92 Å². The largest absolute Gasteiger partial charge is 0.480 e. The molecule has 0 bridgehead atoms. The summed E-state index contributed by atoms with van der Waals surface area (Å²) < 4.78 is 4.68. The normalized spacial score (nSPS) is 10.2. The minimum atomic E-state index is -1.11. The molecule has 0 radical (unpaired) electrons. The molecule has 0 aliphatic heterocycles.